The lowest BCUT2D eigenvalue weighted by Crippen LogP contribution is -2.57. The third kappa shape index (κ3) is 11.5. The van der Waals surface area contributed by atoms with E-state index in [1.165, 1.54) is 19.1 Å². The van der Waals surface area contributed by atoms with Crippen LogP contribution in [0.2, 0.25) is 0 Å². The number of nitriles is 1. The summed E-state index contributed by atoms with van der Waals surface area (Å²) in [6.45, 7) is 10.6. The number of rotatable bonds is 13. The third-order valence-electron chi connectivity index (χ3n) is 6.97. The Bertz CT molecular complexity index is 1650. The van der Waals surface area contributed by atoms with E-state index in [9.17, 15) is 29.5 Å². The summed E-state index contributed by atoms with van der Waals surface area (Å²) < 4.78 is 4.93. The molecule has 5 N–H and O–H groups in total. The van der Waals surface area contributed by atoms with Gasteiger partial charge in [0.05, 0.1) is 6.10 Å². The van der Waals surface area contributed by atoms with Crippen LogP contribution in [-0.4, -0.2) is 57.6 Å². The Balaban J connectivity index is 1.79. The second kappa shape index (κ2) is 16.3. The van der Waals surface area contributed by atoms with E-state index in [2.05, 4.69) is 26.4 Å². The van der Waals surface area contributed by atoms with Gasteiger partial charge in [-0.2, -0.15) is 5.26 Å². The summed E-state index contributed by atoms with van der Waals surface area (Å²) in [4.78, 5) is 52.1. The molecule has 1 heterocycles. The molecule has 0 saturated heterocycles. The maximum Gasteiger partial charge on any atom is 0.274 e. The fraction of sp³-hybridized carbons (Fsp3) is 0.371. The Kier molecular flexibility index (Phi) is 12.6. The monoisotopic (exact) mass is 642 g/mol. The Morgan fingerprint density at radius 3 is 2.30 bits per heavy atom. The molecule has 0 fully saturated rings. The maximum absolute atomic E-state index is 13.4. The number of aliphatic hydroxyl groups is 1. The van der Waals surface area contributed by atoms with E-state index in [1.807, 2.05) is 64.1 Å². The van der Waals surface area contributed by atoms with Crippen molar-refractivity contribution >= 4 is 29.7 Å². The van der Waals surface area contributed by atoms with Crippen LogP contribution in [0.3, 0.4) is 0 Å². The Hall–Kier alpha value is -5.28. The van der Waals surface area contributed by atoms with Gasteiger partial charge in [-0.3, -0.25) is 19.2 Å². The van der Waals surface area contributed by atoms with Crippen molar-refractivity contribution in [2.45, 2.75) is 84.7 Å². The third-order valence-corrected chi connectivity index (χ3v) is 6.97. The van der Waals surface area contributed by atoms with Gasteiger partial charge in [0.15, 0.2) is 5.69 Å². The largest absolute Gasteiger partial charge is 0.391 e. The molecule has 47 heavy (non-hydrogen) atoms. The Morgan fingerprint density at radius 2 is 1.70 bits per heavy atom. The Morgan fingerprint density at radius 1 is 1.00 bits per heavy atom. The zero-order valence-corrected chi connectivity index (χ0v) is 27.5. The van der Waals surface area contributed by atoms with Gasteiger partial charge in [0.1, 0.15) is 29.5 Å². The first-order valence-electron chi connectivity index (χ1n) is 15.2. The minimum absolute atomic E-state index is 0.0512. The lowest BCUT2D eigenvalue weighted by molar-refractivity contribution is -0.131. The van der Waals surface area contributed by atoms with Gasteiger partial charge in [-0.15, -0.1) is 0 Å². The highest BCUT2D eigenvalue weighted by atomic mass is 16.5. The highest BCUT2D eigenvalue weighted by Gasteiger charge is 2.31. The lowest BCUT2D eigenvalue weighted by atomic mass is 10.0. The van der Waals surface area contributed by atoms with E-state index < -0.39 is 47.4 Å². The molecule has 248 valence electrons. The molecule has 3 atom stereocenters. The molecule has 0 radical (unpaired) electrons. The van der Waals surface area contributed by atoms with Crippen LogP contribution < -0.4 is 21.3 Å². The van der Waals surface area contributed by atoms with Crippen LogP contribution in [0.1, 0.15) is 72.6 Å². The highest BCUT2D eigenvalue weighted by molar-refractivity contribution is 6.02. The second-order valence-electron chi connectivity index (χ2n) is 12.4. The lowest BCUT2D eigenvalue weighted by Gasteiger charge is -2.24. The van der Waals surface area contributed by atoms with Gasteiger partial charge in [0.2, 0.25) is 11.8 Å². The topological polar surface area (TPSA) is 186 Å². The van der Waals surface area contributed by atoms with Gasteiger partial charge in [-0.1, -0.05) is 59.3 Å². The first-order valence-corrected chi connectivity index (χ1v) is 15.2. The summed E-state index contributed by atoms with van der Waals surface area (Å²) in [5.74, 6) is -2.03. The number of carbonyl (C=O) groups excluding carboxylic acids is 4. The van der Waals surface area contributed by atoms with E-state index >= 15 is 0 Å². The van der Waals surface area contributed by atoms with Crippen molar-refractivity contribution in [2.75, 3.05) is 0 Å². The van der Waals surface area contributed by atoms with Crippen LogP contribution in [0.25, 0.3) is 6.08 Å². The van der Waals surface area contributed by atoms with Crippen molar-refractivity contribution in [1.82, 2.24) is 26.4 Å². The number of amides is 4. The molecule has 0 saturated carbocycles. The first kappa shape index (κ1) is 36.2. The standard InChI is InChI=1S/C35H42N6O6/c1-21-10-12-25(13-11-21)20-37-32(44)28(38-34(46)30(23(3)42)39-33(45)29-16-22(2)47-41-29)15-14-24-8-7-9-26(17-24)18-27(19-36)31(43)40-35(4,5)6/h7-13,16-18,23,28,30,42H,14-15,20H2,1-6H3,(H,37,44)(H,38,46)(H,39,45)(H,40,43)/b27-18+/t23-,28+,30+/m1/s1. The smallest absolute Gasteiger partial charge is 0.274 e. The van der Waals surface area contributed by atoms with E-state index in [4.69, 9.17) is 4.52 Å². The van der Waals surface area contributed by atoms with Crippen LogP contribution in [0, 0.1) is 25.2 Å². The van der Waals surface area contributed by atoms with Crippen molar-refractivity contribution in [3.63, 3.8) is 0 Å². The quantitative estimate of drug-likeness (QED) is 0.139. The van der Waals surface area contributed by atoms with Crippen molar-refractivity contribution in [3.8, 4) is 6.07 Å². The van der Waals surface area contributed by atoms with Crippen LogP contribution in [0.4, 0.5) is 0 Å². The fourth-order valence-electron chi connectivity index (χ4n) is 4.52. The summed E-state index contributed by atoms with van der Waals surface area (Å²) >= 11 is 0. The fourth-order valence-corrected chi connectivity index (χ4v) is 4.52. The summed E-state index contributed by atoms with van der Waals surface area (Å²) in [5.41, 5.74) is 2.73. The molecular weight excluding hydrogens is 600 g/mol. The number of hydrogen-bond donors (Lipinski definition) is 5. The van der Waals surface area contributed by atoms with Gasteiger partial charge in [0.25, 0.3) is 11.8 Å². The predicted octanol–water partition coefficient (Wildman–Crippen LogP) is 3.03. The van der Waals surface area contributed by atoms with Gasteiger partial charge >= 0.3 is 0 Å². The number of nitrogens with one attached hydrogen (secondary N) is 4. The molecule has 0 spiro atoms. The number of aliphatic hydroxyl groups excluding tert-OH is 1. The van der Waals surface area contributed by atoms with Gasteiger partial charge in [0, 0.05) is 18.2 Å². The summed E-state index contributed by atoms with van der Waals surface area (Å²) in [6.07, 6.45) is 0.697. The van der Waals surface area contributed by atoms with Crippen LogP contribution in [0.5, 0.6) is 0 Å². The minimum atomic E-state index is -1.39. The first-order chi connectivity index (χ1) is 22.1. The molecule has 0 unspecified atom stereocenters. The van der Waals surface area contributed by atoms with Crippen molar-refractivity contribution in [1.29, 1.82) is 5.26 Å². The molecule has 0 aliphatic rings. The molecule has 2 aromatic carbocycles. The molecule has 0 aliphatic carbocycles. The average molecular weight is 643 g/mol. The summed E-state index contributed by atoms with van der Waals surface area (Å²) in [5, 5.41) is 34.4. The second-order valence-corrected chi connectivity index (χ2v) is 12.4. The molecular formula is C35H42N6O6. The number of aromatic nitrogens is 1. The normalized spacial score (nSPS) is 13.4. The number of hydrogen-bond acceptors (Lipinski definition) is 8. The Labute approximate surface area is 274 Å². The molecule has 3 rings (SSSR count). The minimum Gasteiger partial charge on any atom is -0.391 e. The van der Waals surface area contributed by atoms with Crippen LogP contribution >= 0.6 is 0 Å². The van der Waals surface area contributed by atoms with Crippen LogP contribution in [-0.2, 0) is 27.3 Å². The summed E-state index contributed by atoms with van der Waals surface area (Å²) in [7, 11) is 0. The predicted molar refractivity (Wildman–Crippen MR) is 175 cm³/mol. The number of aryl methyl sites for hydroxylation is 3. The summed E-state index contributed by atoms with van der Waals surface area (Å²) in [6, 6.07) is 15.7. The molecule has 12 heteroatoms. The van der Waals surface area contributed by atoms with Gasteiger partial charge in [-0.25, -0.2) is 0 Å². The molecule has 12 nitrogen and oxygen atoms in total. The van der Waals surface area contributed by atoms with E-state index in [1.54, 1.807) is 25.1 Å². The van der Waals surface area contributed by atoms with E-state index in [0.717, 1.165) is 16.7 Å². The molecule has 0 bridgehead atoms. The molecule has 3 aromatic rings. The van der Waals surface area contributed by atoms with Crippen molar-refractivity contribution < 1.29 is 28.8 Å². The molecule has 4 amide bonds. The van der Waals surface area contributed by atoms with E-state index in [0.29, 0.717) is 17.7 Å². The zero-order valence-electron chi connectivity index (χ0n) is 27.5. The zero-order chi connectivity index (χ0) is 34.7. The SMILES string of the molecule is Cc1ccc(CNC(=O)[C@H](CCc2cccc(/C=C(\C#N)C(=O)NC(C)(C)C)c2)NC(=O)[C@@H](NC(=O)c2cc(C)on2)[C@@H](C)O)cc1. The number of carbonyl (C=O) groups is 4. The number of nitrogens with zero attached hydrogens (tertiary/aromatic N) is 2. The molecule has 1 aromatic heterocycles. The van der Waals surface area contributed by atoms with Crippen molar-refractivity contribution in [3.05, 3.63) is 93.9 Å². The van der Waals surface area contributed by atoms with Gasteiger partial charge < -0.3 is 30.9 Å². The molecule has 0 aliphatic heterocycles. The van der Waals surface area contributed by atoms with Gasteiger partial charge in [-0.05, 0) is 77.2 Å². The number of benzene rings is 2. The maximum atomic E-state index is 13.4. The average Bonchev–Trinajstić information content (AvgIpc) is 3.45. The van der Waals surface area contributed by atoms with E-state index in [-0.39, 0.29) is 24.2 Å². The van der Waals surface area contributed by atoms with Crippen LogP contribution in [0.15, 0.2) is 64.7 Å². The highest BCUT2D eigenvalue weighted by Crippen LogP contribution is 2.14. The van der Waals surface area contributed by atoms with Crippen molar-refractivity contribution in [2.24, 2.45) is 0 Å².